The third-order valence-corrected chi connectivity index (χ3v) is 3.37. The number of carbonyl (C=O) groups is 1. The first-order chi connectivity index (χ1) is 6.55. The lowest BCUT2D eigenvalue weighted by atomic mass is 9.85. The van der Waals surface area contributed by atoms with Crippen LogP contribution in [-0.4, -0.2) is 23.9 Å². The number of amides is 1. The molecule has 1 aliphatic carbocycles. The van der Waals surface area contributed by atoms with Crippen molar-refractivity contribution in [2.75, 3.05) is 7.05 Å². The minimum Gasteiger partial charge on any atom is -0.341 e. The van der Waals surface area contributed by atoms with Crippen LogP contribution in [0, 0.1) is 16.7 Å². The van der Waals surface area contributed by atoms with Gasteiger partial charge >= 0.3 is 0 Å². The highest BCUT2D eigenvalue weighted by Crippen LogP contribution is 2.29. The second-order valence-electron chi connectivity index (χ2n) is 4.30. The molecule has 1 rings (SSSR count). The summed E-state index contributed by atoms with van der Waals surface area (Å²) in [6, 6.07) is 2.50. The van der Waals surface area contributed by atoms with E-state index in [1.54, 1.807) is 11.8 Å². The van der Waals surface area contributed by atoms with Crippen molar-refractivity contribution in [3.05, 3.63) is 0 Å². The van der Waals surface area contributed by atoms with E-state index in [1.165, 1.54) is 6.42 Å². The predicted octanol–water partition coefficient (Wildman–Crippen LogP) is 1.94. The first kappa shape index (κ1) is 11.0. The van der Waals surface area contributed by atoms with E-state index >= 15 is 0 Å². The summed E-state index contributed by atoms with van der Waals surface area (Å²) in [5.41, 5.74) is -0.829. The Hall–Kier alpha value is -1.04. The minimum absolute atomic E-state index is 0.0211. The lowest BCUT2D eigenvalue weighted by Crippen LogP contribution is -2.47. The van der Waals surface area contributed by atoms with Crippen LogP contribution in [0.4, 0.5) is 0 Å². The summed E-state index contributed by atoms with van der Waals surface area (Å²) in [6.07, 6.45) is 3.97. The highest BCUT2D eigenvalue weighted by Gasteiger charge is 2.37. The number of hydrogen-bond acceptors (Lipinski definition) is 2. The molecule has 3 heteroatoms. The lowest BCUT2D eigenvalue weighted by molar-refractivity contribution is -0.140. The molecule has 0 aromatic heterocycles. The molecule has 1 amide bonds. The molecule has 1 unspecified atom stereocenters. The maximum atomic E-state index is 12.0. The van der Waals surface area contributed by atoms with Crippen LogP contribution in [0.5, 0.6) is 0 Å². The summed E-state index contributed by atoms with van der Waals surface area (Å²) in [5.74, 6) is -0.0211. The Kier molecular flexibility index (Phi) is 3.15. The van der Waals surface area contributed by atoms with E-state index in [1.807, 2.05) is 14.0 Å². The molecule has 78 valence electrons. The molecule has 1 fully saturated rings. The fourth-order valence-corrected chi connectivity index (χ4v) is 1.61. The molecule has 1 saturated carbocycles. The molecular formula is C11H18N2O. The van der Waals surface area contributed by atoms with Gasteiger partial charge in [-0.3, -0.25) is 4.79 Å². The minimum atomic E-state index is -0.829. The van der Waals surface area contributed by atoms with Gasteiger partial charge < -0.3 is 4.90 Å². The van der Waals surface area contributed by atoms with E-state index < -0.39 is 5.41 Å². The van der Waals surface area contributed by atoms with Gasteiger partial charge in [0.05, 0.1) is 6.07 Å². The van der Waals surface area contributed by atoms with E-state index in [0.717, 1.165) is 12.8 Å². The molecule has 0 saturated heterocycles. The van der Waals surface area contributed by atoms with Gasteiger partial charge in [0.15, 0.2) is 0 Å². The fraction of sp³-hybridized carbons (Fsp3) is 0.818. The molecule has 14 heavy (non-hydrogen) atoms. The Labute approximate surface area is 85.7 Å². The number of carbonyl (C=O) groups excluding carboxylic acids is 1. The lowest BCUT2D eigenvalue weighted by Gasteiger charge is -2.37. The van der Waals surface area contributed by atoms with Crippen LogP contribution in [0.15, 0.2) is 0 Å². The molecular weight excluding hydrogens is 176 g/mol. The van der Waals surface area contributed by atoms with Gasteiger partial charge in [0.1, 0.15) is 5.41 Å². The Morgan fingerprint density at radius 1 is 1.64 bits per heavy atom. The molecule has 3 nitrogen and oxygen atoms in total. The fourth-order valence-electron chi connectivity index (χ4n) is 1.61. The Bertz CT molecular complexity index is 265. The maximum Gasteiger partial charge on any atom is 0.242 e. The molecule has 0 aromatic carbocycles. The van der Waals surface area contributed by atoms with Gasteiger partial charge in [0.2, 0.25) is 5.91 Å². The van der Waals surface area contributed by atoms with E-state index in [2.05, 4.69) is 6.07 Å². The Morgan fingerprint density at radius 2 is 2.21 bits per heavy atom. The molecule has 0 spiro atoms. The Morgan fingerprint density at radius 3 is 2.50 bits per heavy atom. The van der Waals surface area contributed by atoms with E-state index in [9.17, 15) is 4.79 Å². The highest BCUT2D eigenvalue weighted by molar-refractivity contribution is 5.85. The van der Waals surface area contributed by atoms with Crippen molar-refractivity contribution in [2.24, 2.45) is 5.41 Å². The van der Waals surface area contributed by atoms with Crippen molar-refractivity contribution in [3.8, 4) is 6.07 Å². The molecule has 1 aliphatic rings. The second-order valence-corrected chi connectivity index (χ2v) is 4.30. The van der Waals surface area contributed by atoms with Gasteiger partial charge in [-0.25, -0.2) is 0 Å². The molecule has 0 heterocycles. The molecule has 0 bridgehead atoms. The van der Waals surface area contributed by atoms with Crippen molar-refractivity contribution >= 4 is 5.91 Å². The van der Waals surface area contributed by atoms with E-state index in [-0.39, 0.29) is 5.91 Å². The maximum absolute atomic E-state index is 12.0. The largest absolute Gasteiger partial charge is 0.341 e. The Balaban J connectivity index is 2.67. The quantitative estimate of drug-likeness (QED) is 0.689. The summed E-state index contributed by atoms with van der Waals surface area (Å²) in [6.45, 7) is 3.61. The smallest absolute Gasteiger partial charge is 0.242 e. The van der Waals surface area contributed by atoms with Gasteiger partial charge in [0.25, 0.3) is 0 Å². The normalized spacial score (nSPS) is 20.4. The standard InChI is InChI=1S/C11H18N2O/c1-4-11(2,8-12)10(14)13(3)9-6-5-7-9/h9H,4-7H2,1-3H3. The average Bonchev–Trinajstić information content (AvgIpc) is 2.12. The highest BCUT2D eigenvalue weighted by atomic mass is 16.2. The monoisotopic (exact) mass is 194 g/mol. The van der Waals surface area contributed by atoms with Crippen LogP contribution in [-0.2, 0) is 4.79 Å². The second kappa shape index (κ2) is 4.00. The number of rotatable bonds is 3. The van der Waals surface area contributed by atoms with Gasteiger partial charge in [-0.1, -0.05) is 6.92 Å². The third kappa shape index (κ3) is 1.75. The van der Waals surface area contributed by atoms with Crippen LogP contribution in [0.3, 0.4) is 0 Å². The summed E-state index contributed by atoms with van der Waals surface area (Å²) in [4.78, 5) is 13.7. The van der Waals surface area contributed by atoms with Gasteiger partial charge in [-0.05, 0) is 32.6 Å². The van der Waals surface area contributed by atoms with Gasteiger partial charge in [-0.2, -0.15) is 5.26 Å². The van der Waals surface area contributed by atoms with Crippen LogP contribution < -0.4 is 0 Å². The predicted molar refractivity (Wildman–Crippen MR) is 54.4 cm³/mol. The van der Waals surface area contributed by atoms with Crippen molar-refractivity contribution in [1.29, 1.82) is 5.26 Å². The topological polar surface area (TPSA) is 44.1 Å². The average molecular weight is 194 g/mol. The number of nitriles is 1. The zero-order chi connectivity index (χ0) is 10.8. The molecule has 0 radical (unpaired) electrons. The van der Waals surface area contributed by atoms with Crippen molar-refractivity contribution in [2.45, 2.75) is 45.6 Å². The van der Waals surface area contributed by atoms with Crippen LogP contribution in [0.1, 0.15) is 39.5 Å². The van der Waals surface area contributed by atoms with Crippen LogP contribution in [0.25, 0.3) is 0 Å². The first-order valence-corrected chi connectivity index (χ1v) is 5.23. The van der Waals surface area contributed by atoms with Crippen LogP contribution in [0.2, 0.25) is 0 Å². The summed E-state index contributed by atoms with van der Waals surface area (Å²) < 4.78 is 0. The summed E-state index contributed by atoms with van der Waals surface area (Å²) in [7, 11) is 1.82. The van der Waals surface area contributed by atoms with Gasteiger partial charge in [-0.15, -0.1) is 0 Å². The third-order valence-electron chi connectivity index (χ3n) is 3.37. The van der Waals surface area contributed by atoms with Gasteiger partial charge in [0, 0.05) is 13.1 Å². The summed E-state index contributed by atoms with van der Waals surface area (Å²) in [5, 5.41) is 8.98. The molecule has 1 atom stereocenters. The molecule has 0 N–H and O–H groups in total. The zero-order valence-electron chi connectivity index (χ0n) is 9.21. The van der Waals surface area contributed by atoms with E-state index in [4.69, 9.17) is 5.26 Å². The SMILES string of the molecule is CCC(C)(C#N)C(=O)N(C)C1CCC1. The summed E-state index contributed by atoms with van der Waals surface area (Å²) >= 11 is 0. The van der Waals surface area contributed by atoms with Crippen LogP contribution >= 0.6 is 0 Å². The molecule has 0 aromatic rings. The van der Waals surface area contributed by atoms with E-state index in [0.29, 0.717) is 12.5 Å². The van der Waals surface area contributed by atoms with Crippen molar-refractivity contribution < 1.29 is 4.79 Å². The van der Waals surface area contributed by atoms with Crippen molar-refractivity contribution in [3.63, 3.8) is 0 Å². The zero-order valence-corrected chi connectivity index (χ0v) is 9.21. The first-order valence-electron chi connectivity index (χ1n) is 5.23. The number of hydrogen-bond donors (Lipinski definition) is 0. The number of nitrogens with zero attached hydrogens (tertiary/aromatic N) is 2. The molecule has 0 aliphatic heterocycles. The van der Waals surface area contributed by atoms with Crippen molar-refractivity contribution in [1.82, 2.24) is 4.90 Å².